The summed E-state index contributed by atoms with van der Waals surface area (Å²) in [6.45, 7) is 10.7. The van der Waals surface area contributed by atoms with Crippen molar-refractivity contribution >= 4 is 23.8 Å². The van der Waals surface area contributed by atoms with E-state index in [1.807, 2.05) is 65.0 Å². The monoisotopic (exact) mass is 497 g/mol. The molecule has 1 aromatic heterocycles. The summed E-state index contributed by atoms with van der Waals surface area (Å²) in [6, 6.07) is 13.7. The molecule has 2 aromatic carbocycles. The molecule has 8 heteroatoms. The number of allylic oxidation sites excluding steroid dienone is 1. The Bertz CT molecular complexity index is 1360. The predicted molar refractivity (Wildman–Crippen MR) is 143 cm³/mol. The molecule has 8 nitrogen and oxygen atoms in total. The first-order valence-electron chi connectivity index (χ1n) is 12.2. The van der Waals surface area contributed by atoms with Crippen LogP contribution in [0.2, 0.25) is 0 Å². The smallest absolute Gasteiger partial charge is 0.410 e. The second kappa shape index (κ2) is 10.7. The minimum Gasteiger partial charge on any atom is -0.444 e. The molecule has 0 unspecified atom stereocenters. The Hall–Kier alpha value is -4.38. The molecule has 3 aromatic rings. The fraction of sp³-hybridized carbons (Fsp3) is 0.310. The molecule has 0 saturated heterocycles. The number of anilines is 2. The lowest BCUT2D eigenvalue weighted by molar-refractivity contribution is 0.0224. The molecule has 0 fully saturated rings. The lowest BCUT2D eigenvalue weighted by Gasteiger charge is -2.31. The topological polar surface area (TPSA) is 100 Å². The van der Waals surface area contributed by atoms with E-state index in [-0.39, 0.29) is 6.09 Å². The molecule has 37 heavy (non-hydrogen) atoms. The highest BCUT2D eigenvalue weighted by molar-refractivity contribution is 5.69. The van der Waals surface area contributed by atoms with Crippen molar-refractivity contribution in [2.24, 2.45) is 0 Å². The highest BCUT2D eigenvalue weighted by Gasteiger charge is 2.25. The fourth-order valence-electron chi connectivity index (χ4n) is 4.18. The maximum absolute atomic E-state index is 12.4. The van der Waals surface area contributed by atoms with E-state index in [9.17, 15) is 4.79 Å². The summed E-state index contributed by atoms with van der Waals surface area (Å²) in [5.74, 6) is 1.57. The van der Waals surface area contributed by atoms with Crippen molar-refractivity contribution in [3.05, 3.63) is 76.5 Å². The minimum absolute atomic E-state index is 0.288. The lowest BCUT2D eigenvalue weighted by atomic mass is 9.99. The molecule has 0 radical (unpaired) electrons. The summed E-state index contributed by atoms with van der Waals surface area (Å²) in [7, 11) is 0. The molecule has 0 atom stereocenters. The second-order valence-corrected chi connectivity index (χ2v) is 10.0. The molecule has 2 heterocycles. The number of nitrogens with one attached hydrogen (secondary N) is 1. The Morgan fingerprint density at radius 3 is 2.59 bits per heavy atom. The van der Waals surface area contributed by atoms with Crippen molar-refractivity contribution < 1.29 is 14.3 Å². The molecular weight excluding hydrogens is 466 g/mol. The summed E-state index contributed by atoms with van der Waals surface area (Å²) >= 11 is 0. The zero-order chi connectivity index (χ0) is 26.6. The average molecular weight is 498 g/mol. The van der Waals surface area contributed by atoms with Crippen LogP contribution in [0.15, 0.2) is 48.7 Å². The number of carbonyl (C=O) groups is 1. The van der Waals surface area contributed by atoms with E-state index in [4.69, 9.17) is 14.7 Å². The summed E-state index contributed by atoms with van der Waals surface area (Å²) in [4.78, 5) is 23.0. The summed E-state index contributed by atoms with van der Waals surface area (Å²) in [5.41, 5.74) is 5.45. The number of nitriles is 1. The number of nitrogens with zero attached hydrogens (tertiary/aromatic N) is 4. The van der Waals surface area contributed by atoms with Crippen LogP contribution >= 0.6 is 0 Å². The number of carbonyl (C=O) groups excluding carboxylic acids is 1. The van der Waals surface area contributed by atoms with Crippen molar-refractivity contribution in [1.82, 2.24) is 14.9 Å². The van der Waals surface area contributed by atoms with Crippen molar-refractivity contribution in [2.45, 2.75) is 53.2 Å². The van der Waals surface area contributed by atoms with Crippen LogP contribution in [0.25, 0.3) is 6.08 Å². The highest BCUT2D eigenvalue weighted by atomic mass is 16.6. The van der Waals surface area contributed by atoms with Gasteiger partial charge in [-0.3, -0.25) is 0 Å². The number of fused-ring (bicyclic) bond motifs is 1. The van der Waals surface area contributed by atoms with Crippen molar-refractivity contribution in [3.8, 4) is 17.7 Å². The van der Waals surface area contributed by atoms with Crippen LogP contribution in [-0.4, -0.2) is 33.1 Å². The number of rotatable bonds is 5. The van der Waals surface area contributed by atoms with Crippen LogP contribution < -0.4 is 10.1 Å². The largest absolute Gasteiger partial charge is 0.444 e. The standard InChI is InChI=1S/C29H31N5O3/c1-19-15-21(7-6-12-30)16-20(2)26(19)36-25-10-13-31-27(33-25)32-24-9-8-23-18-34(14-11-22(23)17-24)28(35)37-29(3,4)5/h6-10,13,15-17H,11,14,18H2,1-5H3,(H,31,32,33)/b7-6+. The molecule has 1 aliphatic heterocycles. The average Bonchev–Trinajstić information content (AvgIpc) is 2.84. The van der Waals surface area contributed by atoms with Crippen molar-refractivity contribution in [2.75, 3.05) is 11.9 Å². The van der Waals surface area contributed by atoms with Gasteiger partial charge in [0, 0.05) is 37.1 Å². The van der Waals surface area contributed by atoms with E-state index < -0.39 is 5.60 Å². The number of hydrogen-bond acceptors (Lipinski definition) is 7. The van der Waals surface area contributed by atoms with Crippen LogP contribution in [0.4, 0.5) is 16.4 Å². The summed E-state index contributed by atoms with van der Waals surface area (Å²) < 4.78 is 11.6. The second-order valence-electron chi connectivity index (χ2n) is 10.0. The quantitative estimate of drug-likeness (QED) is 0.404. The zero-order valence-corrected chi connectivity index (χ0v) is 21.8. The molecule has 0 saturated carbocycles. The Balaban J connectivity index is 1.45. The van der Waals surface area contributed by atoms with Gasteiger partial charge in [-0.05, 0) is 99.2 Å². The number of ether oxygens (including phenoxy) is 2. The third-order valence-corrected chi connectivity index (χ3v) is 5.80. The molecule has 190 valence electrons. The van der Waals surface area contributed by atoms with E-state index in [2.05, 4.69) is 21.4 Å². The van der Waals surface area contributed by atoms with Gasteiger partial charge in [0.15, 0.2) is 0 Å². The molecule has 1 amide bonds. The molecule has 4 rings (SSSR count). The van der Waals surface area contributed by atoms with E-state index in [0.717, 1.165) is 40.1 Å². The highest BCUT2D eigenvalue weighted by Crippen LogP contribution is 2.30. The number of amides is 1. The van der Waals surface area contributed by atoms with Crippen LogP contribution in [-0.2, 0) is 17.7 Å². The van der Waals surface area contributed by atoms with Crippen LogP contribution in [0.5, 0.6) is 11.6 Å². The van der Waals surface area contributed by atoms with Gasteiger partial charge in [0.1, 0.15) is 11.4 Å². The molecule has 1 aliphatic rings. The molecular formula is C29H31N5O3. The van der Waals surface area contributed by atoms with E-state index in [1.54, 1.807) is 23.2 Å². The first-order chi connectivity index (χ1) is 17.6. The maximum atomic E-state index is 12.4. The Morgan fingerprint density at radius 2 is 1.89 bits per heavy atom. The van der Waals surface area contributed by atoms with Gasteiger partial charge in [0.2, 0.25) is 11.8 Å². The number of hydrogen-bond donors (Lipinski definition) is 1. The van der Waals surface area contributed by atoms with Crippen molar-refractivity contribution in [3.63, 3.8) is 0 Å². The van der Waals surface area contributed by atoms with Gasteiger partial charge in [-0.2, -0.15) is 10.2 Å². The summed E-state index contributed by atoms with van der Waals surface area (Å²) in [5, 5.41) is 12.0. The third-order valence-electron chi connectivity index (χ3n) is 5.80. The first-order valence-corrected chi connectivity index (χ1v) is 12.2. The van der Waals surface area contributed by atoms with E-state index in [1.165, 1.54) is 11.6 Å². The summed E-state index contributed by atoms with van der Waals surface area (Å²) in [6.07, 6.45) is 5.33. The Labute approximate surface area is 217 Å². The van der Waals surface area contributed by atoms with Gasteiger partial charge in [-0.1, -0.05) is 6.07 Å². The van der Waals surface area contributed by atoms with Gasteiger partial charge in [0.05, 0.1) is 6.07 Å². The fourth-order valence-corrected chi connectivity index (χ4v) is 4.18. The van der Waals surface area contributed by atoms with Crippen molar-refractivity contribution in [1.29, 1.82) is 5.26 Å². The maximum Gasteiger partial charge on any atom is 0.410 e. The van der Waals surface area contributed by atoms with E-state index in [0.29, 0.717) is 24.9 Å². The van der Waals surface area contributed by atoms with Gasteiger partial charge >= 0.3 is 6.09 Å². The number of benzene rings is 2. The molecule has 1 N–H and O–H groups in total. The predicted octanol–water partition coefficient (Wildman–Crippen LogP) is 6.46. The number of aromatic nitrogens is 2. The van der Waals surface area contributed by atoms with Crippen LogP contribution in [0, 0.1) is 25.2 Å². The molecule has 0 aliphatic carbocycles. The first kappa shape index (κ1) is 25.7. The van der Waals surface area contributed by atoms with Crippen LogP contribution in [0.3, 0.4) is 0 Å². The number of aryl methyl sites for hydroxylation is 2. The normalized spacial score (nSPS) is 13.1. The van der Waals surface area contributed by atoms with Gasteiger partial charge in [-0.25, -0.2) is 9.78 Å². The Kier molecular flexibility index (Phi) is 7.44. The SMILES string of the molecule is Cc1cc(/C=C/C#N)cc(C)c1Oc1ccnc(Nc2ccc3c(c2)CCN(C(=O)OC(C)(C)C)C3)n1. The van der Waals surface area contributed by atoms with Gasteiger partial charge < -0.3 is 19.7 Å². The van der Waals surface area contributed by atoms with E-state index >= 15 is 0 Å². The van der Waals surface area contributed by atoms with Crippen LogP contribution in [0.1, 0.15) is 48.6 Å². The third kappa shape index (κ3) is 6.64. The molecule has 0 bridgehead atoms. The zero-order valence-electron chi connectivity index (χ0n) is 21.8. The van der Waals surface area contributed by atoms with Gasteiger partial charge in [0.25, 0.3) is 0 Å². The molecule has 0 spiro atoms. The van der Waals surface area contributed by atoms with Gasteiger partial charge in [-0.15, -0.1) is 0 Å². The lowest BCUT2D eigenvalue weighted by Crippen LogP contribution is -2.39. The minimum atomic E-state index is -0.514. The Morgan fingerprint density at radius 1 is 1.14 bits per heavy atom.